The van der Waals surface area contributed by atoms with Gasteiger partial charge in [-0.15, -0.1) is 11.3 Å². The van der Waals surface area contributed by atoms with E-state index in [2.05, 4.69) is 51.8 Å². The molecule has 1 unspecified atom stereocenters. The van der Waals surface area contributed by atoms with Gasteiger partial charge in [-0.2, -0.15) is 0 Å². The summed E-state index contributed by atoms with van der Waals surface area (Å²) in [6.45, 7) is 4.45. The Bertz CT molecular complexity index is 340. The smallest absolute Gasteiger partial charge is 0.0730 e. The standard InChI is InChI=1S/C17H28Br2S/c1-3-4-5-6-7-8-9-10-11-12-15(18)16-13-14(2)17(19)20-16/h13,15H,3-12H2,1-2H3. The first-order valence-electron chi connectivity index (χ1n) is 8.05. The van der Waals surface area contributed by atoms with E-state index in [-0.39, 0.29) is 0 Å². The number of aryl methyl sites for hydroxylation is 1. The molecule has 0 fully saturated rings. The summed E-state index contributed by atoms with van der Waals surface area (Å²) in [4.78, 5) is 2.01. The third-order valence-corrected chi connectivity index (χ3v) is 7.25. The van der Waals surface area contributed by atoms with Crippen LogP contribution in [0.1, 0.15) is 86.4 Å². The van der Waals surface area contributed by atoms with Crippen LogP contribution in [-0.4, -0.2) is 0 Å². The van der Waals surface area contributed by atoms with Crippen LogP contribution in [0.15, 0.2) is 9.85 Å². The molecule has 20 heavy (non-hydrogen) atoms. The quantitative estimate of drug-likeness (QED) is 0.248. The molecule has 0 aromatic carbocycles. The van der Waals surface area contributed by atoms with E-state index < -0.39 is 0 Å². The van der Waals surface area contributed by atoms with Crippen molar-refractivity contribution in [1.29, 1.82) is 0 Å². The molecule has 0 spiro atoms. The summed E-state index contributed by atoms with van der Waals surface area (Å²) in [5.41, 5.74) is 1.36. The van der Waals surface area contributed by atoms with E-state index >= 15 is 0 Å². The minimum absolute atomic E-state index is 0.544. The largest absolute Gasteiger partial charge is 0.132 e. The molecule has 0 amide bonds. The summed E-state index contributed by atoms with van der Waals surface area (Å²) in [5, 5.41) is 0. The Hall–Kier alpha value is 0.660. The van der Waals surface area contributed by atoms with Crippen molar-refractivity contribution in [3.05, 3.63) is 20.3 Å². The molecule has 0 aliphatic carbocycles. The highest BCUT2D eigenvalue weighted by molar-refractivity contribution is 9.11. The number of unbranched alkanes of at least 4 members (excludes halogenated alkanes) is 8. The number of hydrogen-bond acceptors (Lipinski definition) is 1. The van der Waals surface area contributed by atoms with Gasteiger partial charge in [0.25, 0.3) is 0 Å². The first-order valence-corrected chi connectivity index (χ1v) is 10.6. The second kappa shape index (κ2) is 11.3. The molecule has 0 radical (unpaired) electrons. The zero-order chi connectivity index (χ0) is 14.8. The van der Waals surface area contributed by atoms with Crippen LogP contribution in [-0.2, 0) is 0 Å². The van der Waals surface area contributed by atoms with Gasteiger partial charge in [0.05, 0.1) is 3.79 Å². The normalized spacial score (nSPS) is 12.8. The van der Waals surface area contributed by atoms with Crippen molar-refractivity contribution < 1.29 is 0 Å². The van der Waals surface area contributed by atoms with E-state index in [1.165, 1.54) is 78.4 Å². The van der Waals surface area contributed by atoms with Crippen molar-refractivity contribution in [3.8, 4) is 0 Å². The molecule has 0 aliphatic heterocycles. The highest BCUT2D eigenvalue weighted by atomic mass is 79.9. The Kier molecular flexibility index (Phi) is 10.5. The van der Waals surface area contributed by atoms with E-state index in [4.69, 9.17) is 0 Å². The van der Waals surface area contributed by atoms with Crippen LogP contribution < -0.4 is 0 Å². The number of halogens is 2. The molecular formula is C17H28Br2S. The maximum Gasteiger partial charge on any atom is 0.0730 e. The van der Waals surface area contributed by atoms with Crippen LogP contribution >= 0.6 is 43.2 Å². The zero-order valence-electron chi connectivity index (χ0n) is 12.9. The zero-order valence-corrected chi connectivity index (χ0v) is 16.9. The summed E-state index contributed by atoms with van der Waals surface area (Å²) in [6, 6.07) is 2.31. The molecule has 1 aromatic rings. The van der Waals surface area contributed by atoms with Gasteiger partial charge in [0.15, 0.2) is 0 Å². The van der Waals surface area contributed by atoms with Crippen LogP contribution in [0.5, 0.6) is 0 Å². The average molecular weight is 424 g/mol. The fourth-order valence-corrected chi connectivity index (χ4v) is 4.73. The van der Waals surface area contributed by atoms with Gasteiger partial charge in [-0.25, -0.2) is 0 Å². The minimum Gasteiger partial charge on any atom is -0.132 e. The van der Waals surface area contributed by atoms with Crippen LogP contribution in [0.2, 0.25) is 0 Å². The Labute approximate surface area is 146 Å². The van der Waals surface area contributed by atoms with E-state index in [9.17, 15) is 0 Å². The summed E-state index contributed by atoms with van der Waals surface area (Å²) in [5.74, 6) is 0. The average Bonchev–Trinajstić information content (AvgIpc) is 2.77. The molecule has 0 saturated heterocycles. The fraction of sp³-hybridized carbons (Fsp3) is 0.765. The van der Waals surface area contributed by atoms with Crippen molar-refractivity contribution in [1.82, 2.24) is 0 Å². The molecule has 1 atom stereocenters. The predicted octanol–water partition coefficient (Wildman–Crippen LogP) is 8.18. The SMILES string of the molecule is CCCCCCCCCCCC(Br)c1cc(C)c(Br)s1. The third-order valence-electron chi connectivity index (χ3n) is 3.75. The van der Waals surface area contributed by atoms with E-state index in [1.807, 2.05) is 11.3 Å². The molecule has 3 heteroatoms. The second-order valence-corrected chi connectivity index (χ2v) is 9.20. The topological polar surface area (TPSA) is 0 Å². The van der Waals surface area contributed by atoms with Gasteiger partial charge < -0.3 is 0 Å². The van der Waals surface area contributed by atoms with E-state index in [1.54, 1.807) is 0 Å². The first-order chi connectivity index (χ1) is 9.65. The van der Waals surface area contributed by atoms with Gasteiger partial charge >= 0.3 is 0 Å². The van der Waals surface area contributed by atoms with Crippen LogP contribution in [0.3, 0.4) is 0 Å². The minimum atomic E-state index is 0.544. The molecule has 0 bridgehead atoms. The van der Waals surface area contributed by atoms with E-state index in [0.29, 0.717) is 4.83 Å². The summed E-state index contributed by atoms with van der Waals surface area (Å²) >= 11 is 9.32. The maximum absolute atomic E-state index is 3.83. The molecule has 0 nitrogen and oxygen atoms in total. The van der Waals surface area contributed by atoms with Crippen LogP contribution in [0.4, 0.5) is 0 Å². The van der Waals surface area contributed by atoms with Gasteiger partial charge in [0, 0.05) is 9.70 Å². The van der Waals surface area contributed by atoms with Gasteiger partial charge in [-0.05, 0) is 40.9 Å². The number of rotatable bonds is 11. The molecule has 1 rings (SSSR count). The van der Waals surface area contributed by atoms with Crippen LogP contribution in [0, 0.1) is 6.92 Å². The maximum atomic E-state index is 3.83. The monoisotopic (exact) mass is 422 g/mol. The number of hydrogen-bond donors (Lipinski definition) is 0. The second-order valence-electron chi connectivity index (χ2n) is 5.69. The van der Waals surface area contributed by atoms with Gasteiger partial charge in [0.1, 0.15) is 0 Å². The lowest BCUT2D eigenvalue weighted by atomic mass is 10.1. The predicted molar refractivity (Wildman–Crippen MR) is 100 cm³/mol. The lowest BCUT2D eigenvalue weighted by Crippen LogP contribution is -1.87. The van der Waals surface area contributed by atoms with Crippen molar-refractivity contribution >= 4 is 43.2 Å². The van der Waals surface area contributed by atoms with Gasteiger partial charge in [0.2, 0.25) is 0 Å². The van der Waals surface area contributed by atoms with Crippen molar-refractivity contribution in [2.75, 3.05) is 0 Å². The molecule has 116 valence electrons. The van der Waals surface area contributed by atoms with Crippen molar-refractivity contribution in [2.45, 2.75) is 82.9 Å². The van der Waals surface area contributed by atoms with E-state index in [0.717, 1.165) is 0 Å². The lowest BCUT2D eigenvalue weighted by molar-refractivity contribution is 0.556. The van der Waals surface area contributed by atoms with Crippen LogP contribution in [0.25, 0.3) is 0 Å². The molecule has 1 aromatic heterocycles. The highest BCUT2D eigenvalue weighted by Gasteiger charge is 2.11. The van der Waals surface area contributed by atoms with Gasteiger partial charge in [-0.3, -0.25) is 0 Å². The Balaban J connectivity index is 2.01. The number of alkyl halides is 1. The number of thiophene rings is 1. The van der Waals surface area contributed by atoms with Crippen molar-refractivity contribution in [2.24, 2.45) is 0 Å². The molecule has 1 heterocycles. The molecule has 0 aliphatic rings. The van der Waals surface area contributed by atoms with Crippen molar-refractivity contribution in [3.63, 3.8) is 0 Å². The lowest BCUT2D eigenvalue weighted by Gasteiger charge is -2.07. The molecule has 0 saturated carbocycles. The summed E-state index contributed by atoms with van der Waals surface area (Å²) < 4.78 is 1.28. The summed E-state index contributed by atoms with van der Waals surface area (Å²) in [7, 11) is 0. The Morgan fingerprint density at radius 3 is 2.05 bits per heavy atom. The first kappa shape index (κ1) is 18.7. The Morgan fingerprint density at radius 2 is 1.55 bits per heavy atom. The molecule has 0 N–H and O–H groups in total. The van der Waals surface area contributed by atoms with Gasteiger partial charge in [-0.1, -0.05) is 80.6 Å². The molecular weight excluding hydrogens is 396 g/mol. The third kappa shape index (κ3) is 7.61. The highest BCUT2D eigenvalue weighted by Crippen LogP contribution is 2.37. The fourth-order valence-electron chi connectivity index (χ4n) is 2.41. The Morgan fingerprint density at radius 1 is 1.00 bits per heavy atom. The summed E-state index contributed by atoms with van der Waals surface area (Å²) in [6.07, 6.45) is 13.9.